The summed E-state index contributed by atoms with van der Waals surface area (Å²) in [6.07, 6.45) is 9.43. The predicted molar refractivity (Wildman–Crippen MR) is 179 cm³/mol. The summed E-state index contributed by atoms with van der Waals surface area (Å²) in [5.74, 6) is 0.680. The van der Waals surface area contributed by atoms with Crippen molar-refractivity contribution in [2.24, 2.45) is 0 Å². The van der Waals surface area contributed by atoms with Crippen molar-refractivity contribution < 1.29 is 19.1 Å². The maximum absolute atomic E-state index is 12.9. The number of carbonyl (C=O) groups excluding carboxylic acids is 3. The summed E-state index contributed by atoms with van der Waals surface area (Å²) < 4.78 is 8.04. The highest BCUT2D eigenvalue weighted by Gasteiger charge is 2.39. The fraction of sp³-hybridized carbons (Fsp3) is 0.270. The van der Waals surface area contributed by atoms with Gasteiger partial charge in [0.1, 0.15) is 23.3 Å². The minimum absolute atomic E-state index is 0.180. The molecule has 3 amide bonds. The van der Waals surface area contributed by atoms with Crippen LogP contribution in [-0.4, -0.2) is 56.2 Å². The van der Waals surface area contributed by atoms with Crippen LogP contribution in [-0.2, 0) is 16.1 Å². The zero-order valence-corrected chi connectivity index (χ0v) is 26.2. The van der Waals surface area contributed by atoms with Crippen molar-refractivity contribution in [2.75, 3.05) is 18.5 Å². The number of aromatic nitrogens is 3. The molecule has 3 aromatic heterocycles. The second kappa shape index (κ2) is 13.1. The number of fused-ring (bicyclic) bond motifs is 2. The van der Waals surface area contributed by atoms with Crippen LogP contribution in [0.1, 0.15) is 53.6 Å². The van der Waals surface area contributed by atoms with E-state index < -0.39 is 11.9 Å². The fourth-order valence-corrected chi connectivity index (χ4v) is 6.23. The fourth-order valence-electron chi connectivity index (χ4n) is 6.23. The molecule has 0 aliphatic carbocycles. The summed E-state index contributed by atoms with van der Waals surface area (Å²) in [5.41, 5.74) is 7.81. The Morgan fingerprint density at radius 3 is 2.62 bits per heavy atom. The Morgan fingerprint density at radius 2 is 1.77 bits per heavy atom. The van der Waals surface area contributed by atoms with Crippen molar-refractivity contribution in [3.05, 3.63) is 102 Å². The Labute approximate surface area is 272 Å². The maximum Gasteiger partial charge on any atom is 0.255 e. The number of hydrogen-bond donors (Lipinski definition) is 2. The molecular weight excluding hydrogens is 592 g/mol. The van der Waals surface area contributed by atoms with E-state index in [0.717, 1.165) is 65.2 Å². The first-order valence-corrected chi connectivity index (χ1v) is 16.1. The average molecular weight is 629 g/mol. The number of hydrogen-bond acceptors (Lipinski definition) is 7. The molecule has 2 aliphatic rings. The normalized spacial score (nSPS) is 16.0. The summed E-state index contributed by atoms with van der Waals surface area (Å²) in [5, 5.41) is 5.78. The van der Waals surface area contributed by atoms with Gasteiger partial charge in [0, 0.05) is 49.2 Å². The van der Waals surface area contributed by atoms with Crippen LogP contribution in [0.4, 0.5) is 5.82 Å². The van der Waals surface area contributed by atoms with Gasteiger partial charge in [-0.3, -0.25) is 19.7 Å². The summed E-state index contributed by atoms with van der Waals surface area (Å²) in [7, 11) is 0. The van der Waals surface area contributed by atoms with E-state index in [2.05, 4.69) is 75.7 Å². The third-order valence-corrected chi connectivity index (χ3v) is 8.76. The number of anilines is 1. The average Bonchev–Trinajstić information content (AvgIpc) is 3.64. The third-order valence-electron chi connectivity index (χ3n) is 8.76. The number of rotatable bonds is 11. The molecule has 0 saturated carbocycles. The lowest BCUT2D eigenvalue weighted by Crippen LogP contribution is -2.52. The van der Waals surface area contributed by atoms with Crippen LogP contribution < -0.4 is 15.4 Å². The van der Waals surface area contributed by atoms with E-state index in [1.165, 1.54) is 5.56 Å². The van der Waals surface area contributed by atoms with E-state index in [4.69, 9.17) is 9.72 Å². The number of ether oxygens (including phenoxy) is 1. The van der Waals surface area contributed by atoms with Crippen molar-refractivity contribution in [3.8, 4) is 28.1 Å². The largest absolute Gasteiger partial charge is 0.494 e. The topological polar surface area (TPSA) is 118 Å². The van der Waals surface area contributed by atoms with Crippen molar-refractivity contribution in [1.29, 1.82) is 0 Å². The third kappa shape index (κ3) is 6.58. The smallest absolute Gasteiger partial charge is 0.255 e. The van der Waals surface area contributed by atoms with Crippen LogP contribution in [0.3, 0.4) is 0 Å². The molecule has 1 fully saturated rings. The molecule has 10 nitrogen and oxygen atoms in total. The number of pyridine rings is 2. The van der Waals surface area contributed by atoms with Crippen LogP contribution in [0.15, 0.2) is 85.3 Å². The lowest BCUT2D eigenvalue weighted by molar-refractivity contribution is -0.136. The van der Waals surface area contributed by atoms with Gasteiger partial charge in [0.05, 0.1) is 12.3 Å². The van der Waals surface area contributed by atoms with Crippen molar-refractivity contribution in [2.45, 2.75) is 51.6 Å². The second-order valence-electron chi connectivity index (χ2n) is 12.2. The van der Waals surface area contributed by atoms with Gasteiger partial charge in [0.15, 0.2) is 0 Å². The van der Waals surface area contributed by atoms with Gasteiger partial charge in [-0.1, -0.05) is 30.3 Å². The van der Waals surface area contributed by atoms with Gasteiger partial charge in [-0.25, -0.2) is 9.97 Å². The Balaban J connectivity index is 0.851. The lowest BCUT2D eigenvalue weighted by atomic mass is 10.0. The lowest BCUT2D eigenvalue weighted by Gasteiger charge is -2.29. The van der Waals surface area contributed by atoms with E-state index in [9.17, 15) is 14.4 Å². The molecule has 1 atom stereocenters. The molecule has 2 aliphatic heterocycles. The number of piperidine rings is 1. The van der Waals surface area contributed by atoms with Gasteiger partial charge < -0.3 is 19.4 Å². The predicted octanol–water partition coefficient (Wildman–Crippen LogP) is 5.79. The Kier molecular flexibility index (Phi) is 8.39. The van der Waals surface area contributed by atoms with Gasteiger partial charge in [0.2, 0.25) is 11.8 Å². The Hall–Kier alpha value is -5.51. The minimum Gasteiger partial charge on any atom is -0.494 e. The van der Waals surface area contributed by atoms with Gasteiger partial charge in [-0.15, -0.1) is 0 Å². The van der Waals surface area contributed by atoms with Gasteiger partial charge in [-0.2, -0.15) is 0 Å². The van der Waals surface area contributed by atoms with Crippen molar-refractivity contribution in [3.63, 3.8) is 0 Å². The standard InChI is InChI=1S/C37H36N6O4/c1-24-5-13-34-40-31(23-42(34)21-24)26-8-6-25(7-9-26)27-15-17-39-33(20-27)38-16-3-2-4-18-47-29-10-11-30-28(19-29)22-43(37(30)46)32-12-14-35(44)41-36(32)45/h5-11,13,15,17,19-21,23,32H,2-4,12,14,16,18,22H2,1H3,(H,38,39)(H,41,44,45). The zero-order valence-electron chi connectivity index (χ0n) is 26.2. The quantitative estimate of drug-likeness (QED) is 0.140. The number of aryl methyl sites for hydroxylation is 1. The summed E-state index contributed by atoms with van der Waals surface area (Å²) in [6.45, 7) is 3.79. The molecule has 5 aromatic rings. The number of unbranched alkanes of at least 4 members (excludes halogenated alkanes) is 2. The van der Waals surface area contributed by atoms with Crippen LogP contribution in [0.5, 0.6) is 5.75 Å². The SMILES string of the molecule is Cc1ccc2nc(-c3ccc(-c4ccnc(NCCCCCOc5ccc6c(c5)CN(C5CCC(=O)NC5=O)C6=O)c4)cc3)cn2c1. The zero-order chi connectivity index (χ0) is 32.3. The highest BCUT2D eigenvalue weighted by Crippen LogP contribution is 2.30. The van der Waals surface area contributed by atoms with E-state index in [0.29, 0.717) is 30.9 Å². The van der Waals surface area contributed by atoms with E-state index in [1.807, 2.05) is 24.4 Å². The highest BCUT2D eigenvalue weighted by atomic mass is 16.5. The molecule has 0 bridgehead atoms. The van der Waals surface area contributed by atoms with E-state index >= 15 is 0 Å². The van der Waals surface area contributed by atoms with Gasteiger partial charge in [-0.05, 0) is 91.3 Å². The summed E-state index contributed by atoms with van der Waals surface area (Å²) in [6, 6.07) is 21.5. The molecule has 10 heteroatoms. The van der Waals surface area contributed by atoms with E-state index in [1.54, 1.807) is 17.0 Å². The highest BCUT2D eigenvalue weighted by molar-refractivity contribution is 6.05. The van der Waals surface area contributed by atoms with Crippen LogP contribution in [0.2, 0.25) is 0 Å². The number of imide groups is 1. The summed E-state index contributed by atoms with van der Waals surface area (Å²) in [4.78, 5) is 47.5. The Bertz CT molecular complexity index is 1970. The maximum atomic E-state index is 12.9. The van der Waals surface area contributed by atoms with Crippen molar-refractivity contribution in [1.82, 2.24) is 24.6 Å². The van der Waals surface area contributed by atoms with Gasteiger partial charge in [0.25, 0.3) is 5.91 Å². The number of amides is 3. The summed E-state index contributed by atoms with van der Waals surface area (Å²) >= 11 is 0. The monoisotopic (exact) mass is 628 g/mol. The molecule has 5 heterocycles. The number of benzene rings is 2. The molecule has 2 N–H and O–H groups in total. The molecular formula is C37H36N6O4. The number of nitrogens with zero attached hydrogens (tertiary/aromatic N) is 4. The first kappa shape index (κ1) is 30.2. The molecule has 1 unspecified atom stereocenters. The molecule has 238 valence electrons. The van der Waals surface area contributed by atoms with Crippen LogP contribution in [0.25, 0.3) is 28.0 Å². The first-order chi connectivity index (χ1) is 22.9. The van der Waals surface area contributed by atoms with Crippen molar-refractivity contribution >= 4 is 29.2 Å². The molecule has 0 radical (unpaired) electrons. The molecule has 47 heavy (non-hydrogen) atoms. The number of imidazole rings is 1. The molecule has 1 saturated heterocycles. The second-order valence-corrected chi connectivity index (χ2v) is 12.2. The molecule has 7 rings (SSSR count). The number of carbonyl (C=O) groups is 3. The van der Waals surface area contributed by atoms with E-state index in [-0.39, 0.29) is 18.2 Å². The molecule has 0 spiro atoms. The Morgan fingerprint density at radius 1 is 0.915 bits per heavy atom. The van der Waals surface area contributed by atoms with Crippen LogP contribution in [0, 0.1) is 6.92 Å². The van der Waals surface area contributed by atoms with Crippen LogP contribution >= 0.6 is 0 Å². The van der Waals surface area contributed by atoms with Gasteiger partial charge >= 0.3 is 0 Å². The first-order valence-electron chi connectivity index (χ1n) is 16.1. The molecule has 2 aromatic carbocycles. The number of nitrogens with one attached hydrogen (secondary N) is 2. The minimum atomic E-state index is -0.617.